The van der Waals surface area contributed by atoms with Crippen molar-refractivity contribution < 1.29 is 9.18 Å². The van der Waals surface area contributed by atoms with Gasteiger partial charge in [-0.1, -0.05) is 31.0 Å². The van der Waals surface area contributed by atoms with Crippen LogP contribution in [0.15, 0.2) is 24.3 Å². The fourth-order valence-corrected chi connectivity index (χ4v) is 3.18. The maximum Gasteiger partial charge on any atom is 0.225 e. The average Bonchev–Trinajstić information content (AvgIpc) is 2.40. The highest BCUT2D eigenvalue weighted by Crippen LogP contribution is 2.31. The molecule has 1 aromatic rings. The van der Waals surface area contributed by atoms with Crippen molar-refractivity contribution in [1.82, 2.24) is 5.32 Å². The number of benzene rings is 1. The fourth-order valence-electron chi connectivity index (χ4n) is 3.18. The zero-order valence-corrected chi connectivity index (χ0v) is 12.9. The number of carbonyl (C=O) groups excluding carboxylic acids is 1. The minimum atomic E-state index is -0.431. The van der Waals surface area contributed by atoms with Crippen molar-refractivity contribution in [1.29, 1.82) is 0 Å². The largest absolute Gasteiger partial charge is 0.353 e. The van der Waals surface area contributed by atoms with E-state index in [2.05, 4.69) is 5.32 Å². The van der Waals surface area contributed by atoms with Gasteiger partial charge >= 0.3 is 0 Å². The van der Waals surface area contributed by atoms with Gasteiger partial charge in [-0.25, -0.2) is 4.39 Å². The van der Waals surface area contributed by atoms with E-state index in [1.54, 1.807) is 12.1 Å². The molecule has 116 valence electrons. The van der Waals surface area contributed by atoms with E-state index in [0.717, 1.165) is 25.7 Å². The molecule has 3 N–H and O–H groups in total. The van der Waals surface area contributed by atoms with Gasteiger partial charge < -0.3 is 11.1 Å². The van der Waals surface area contributed by atoms with Crippen molar-refractivity contribution in [2.45, 2.75) is 57.5 Å². The first-order chi connectivity index (χ1) is 9.90. The summed E-state index contributed by atoms with van der Waals surface area (Å²) in [5, 5.41) is 3.00. The predicted octanol–water partition coefficient (Wildman–Crippen LogP) is 2.78. The first-order valence-electron chi connectivity index (χ1n) is 7.73. The Kier molecular flexibility index (Phi) is 4.99. The van der Waals surface area contributed by atoms with Crippen LogP contribution < -0.4 is 11.1 Å². The van der Waals surface area contributed by atoms with Gasteiger partial charge in [-0.3, -0.25) is 4.79 Å². The molecule has 3 unspecified atom stereocenters. The molecule has 4 heteroatoms. The first kappa shape index (κ1) is 16.0. The van der Waals surface area contributed by atoms with Gasteiger partial charge in [0.25, 0.3) is 0 Å². The molecular weight excluding hydrogens is 267 g/mol. The molecule has 0 spiro atoms. The minimum Gasteiger partial charge on any atom is -0.353 e. The Morgan fingerprint density at radius 3 is 2.86 bits per heavy atom. The molecule has 3 nitrogen and oxygen atoms in total. The second-order valence-corrected chi connectivity index (χ2v) is 6.51. The SMILES string of the molecule is CC(Cc1ccccc1F)NC(=O)C1CCCCC1(C)N. The van der Waals surface area contributed by atoms with Crippen LogP contribution in [-0.2, 0) is 11.2 Å². The first-order valence-corrected chi connectivity index (χ1v) is 7.73. The second kappa shape index (κ2) is 6.56. The van der Waals surface area contributed by atoms with E-state index >= 15 is 0 Å². The smallest absolute Gasteiger partial charge is 0.225 e. The molecule has 0 heterocycles. The van der Waals surface area contributed by atoms with Crippen LogP contribution in [-0.4, -0.2) is 17.5 Å². The summed E-state index contributed by atoms with van der Waals surface area (Å²) in [6, 6.07) is 6.58. The van der Waals surface area contributed by atoms with Crippen molar-refractivity contribution in [3.8, 4) is 0 Å². The van der Waals surface area contributed by atoms with Crippen molar-refractivity contribution in [2.75, 3.05) is 0 Å². The van der Waals surface area contributed by atoms with Gasteiger partial charge in [0.15, 0.2) is 0 Å². The zero-order valence-electron chi connectivity index (χ0n) is 12.9. The van der Waals surface area contributed by atoms with Crippen molar-refractivity contribution in [2.24, 2.45) is 11.7 Å². The van der Waals surface area contributed by atoms with Crippen LogP contribution in [0, 0.1) is 11.7 Å². The van der Waals surface area contributed by atoms with Crippen LogP contribution >= 0.6 is 0 Å². The highest BCUT2D eigenvalue weighted by atomic mass is 19.1. The Balaban J connectivity index is 1.94. The Bertz CT molecular complexity index is 501. The van der Waals surface area contributed by atoms with Crippen LogP contribution in [0.3, 0.4) is 0 Å². The van der Waals surface area contributed by atoms with E-state index in [1.807, 2.05) is 19.9 Å². The summed E-state index contributed by atoms with van der Waals surface area (Å²) in [7, 11) is 0. The highest BCUT2D eigenvalue weighted by Gasteiger charge is 2.38. The topological polar surface area (TPSA) is 55.1 Å². The number of amides is 1. The summed E-state index contributed by atoms with van der Waals surface area (Å²) in [4.78, 5) is 12.4. The van der Waals surface area contributed by atoms with Crippen LogP contribution in [0.4, 0.5) is 4.39 Å². The lowest BCUT2D eigenvalue weighted by Gasteiger charge is -2.37. The van der Waals surface area contributed by atoms with Crippen LogP contribution in [0.5, 0.6) is 0 Å². The van der Waals surface area contributed by atoms with Crippen LogP contribution in [0.25, 0.3) is 0 Å². The lowest BCUT2D eigenvalue weighted by Crippen LogP contribution is -2.54. The van der Waals surface area contributed by atoms with Gasteiger partial charge in [-0.2, -0.15) is 0 Å². The number of nitrogens with two attached hydrogens (primary N) is 1. The van der Waals surface area contributed by atoms with E-state index in [4.69, 9.17) is 5.73 Å². The van der Waals surface area contributed by atoms with E-state index in [9.17, 15) is 9.18 Å². The highest BCUT2D eigenvalue weighted by molar-refractivity contribution is 5.80. The van der Waals surface area contributed by atoms with Crippen molar-refractivity contribution in [3.63, 3.8) is 0 Å². The number of rotatable bonds is 4. The normalized spacial score (nSPS) is 27.1. The monoisotopic (exact) mass is 292 g/mol. The molecule has 1 saturated carbocycles. The third-order valence-electron chi connectivity index (χ3n) is 4.44. The summed E-state index contributed by atoms with van der Waals surface area (Å²) in [6.45, 7) is 3.86. The fraction of sp³-hybridized carbons (Fsp3) is 0.588. The van der Waals surface area contributed by atoms with Gasteiger partial charge in [-0.05, 0) is 44.7 Å². The molecule has 0 aromatic heterocycles. The van der Waals surface area contributed by atoms with Gasteiger partial charge in [0, 0.05) is 11.6 Å². The summed E-state index contributed by atoms with van der Waals surface area (Å²) in [5.41, 5.74) is 6.45. The minimum absolute atomic E-state index is 0.00328. The molecule has 1 aromatic carbocycles. The quantitative estimate of drug-likeness (QED) is 0.896. The van der Waals surface area contributed by atoms with Crippen LogP contribution in [0.1, 0.15) is 45.1 Å². The number of hydrogen-bond acceptors (Lipinski definition) is 2. The van der Waals surface area contributed by atoms with Crippen molar-refractivity contribution in [3.05, 3.63) is 35.6 Å². The Hall–Kier alpha value is -1.42. The summed E-state index contributed by atoms with van der Waals surface area (Å²) < 4.78 is 13.6. The van der Waals surface area contributed by atoms with Gasteiger partial charge in [0.2, 0.25) is 5.91 Å². The third-order valence-corrected chi connectivity index (χ3v) is 4.44. The Morgan fingerprint density at radius 2 is 2.19 bits per heavy atom. The average molecular weight is 292 g/mol. The Morgan fingerprint density at radius 1 is 1.48 bits per heavy atom. The predicted molar refractivity (Wildman–Crippen MR) is 82.3 cm³/mol. The molecule has 0 radical (unpaired) electrons. The Labute approximate surface area is 126 Å². The molecule has 0 saturated heterocycles. The molecular formula is C17H25FN2O. The second-order valence-electron chi connectivity index (χ2n) is 6.51. The number of halogens is 1. The van der Waals surface area contributed by atoms with Gasteiger partial charge in [0.1, 0.15) is 5.82 Å². The molecule has 1 aliphatic carbocycles. The number of nitrogens with one attached hydrogen (secondary N) is 1. The van der Waals surface area contributed by atoms with Crippen molar-refractivity contribution >= 4 is 5.91 Å². The van der Waals surface area contributed by atoms with E-state index < -0.39 is 5.54 Å². The maximum atomic E-state index is 13.6. The lowest BCUT2D eigenvalue weighted by atomic mass is 9.74. The van der Waals surface area contributed by atoms with Crippen LogP contribution in [0.2, 0.25) is 0 Å². The zero-order chi connectivity index (χ0) is 15.5. The maximum absolute atomic E-state index is 13.6. The summed E-state index contributed by atoms with van der Waals surface area (Å²) >= 11 is 0. The molecule has 0 bridgehead atoms. The molecule has 1 fully saturated rings. The molecule has 21 heavy (non-hydrogen) atoms. The number of carbonyl (C=O) groups is 1. The molecule has 0 aliphatic heterocycles. The molecule has 1 amide bonds. The molecule has 3 atom stereocenters. The van der Waals surface area contributed by atoms with E-state index in [1.165, 1.54) is 6.07 Å². The van der Waals surface area contributed by atoms with Gasteiger partial charge in [-0.15, -0.1) is 0 Å². The molecule has 2 rings (SSSR count). The summed E-state index contributed by atoms with van der Waals surface area (Å²) in [5.74, 6) is -0.363. The van der Waals surface area contributed by atoms with Gasteiger partial charge in [0.05, 0.1) is 5.92 Å². The lowest BCUT2D eigenvalue weighted by molar-refractivity contribution is -0.128. The third kappa shape index (κ3) is 4.03. The number of hydrogen-bond donors (Lipinski definition) is 2. The summed E-state index contributed by atoms with van der Waals surface area (Å²) in [6.07, 6.45) is 4.35. The van der Waals surface area contributed by atoms with E-state index in [-0.39, 0.29) is 23.7 Å². The van der Waals surface area contributed by atoms with E-state index in [0.29, 0.717) is 12.0 Å². The standard InChI is InChI=1S/C17H25FN2O/c1-12(11-13-7-3-4-9-15(13)18)20-16(21)14-8-5-6-10-17(14,2)19/h3-4,7,9,12,14H,5-6,8,10-11,19H2,1-2H3,(H,20,21). The molecule has 1 aliphatic rings.